The topological polar surface area (TPSA) is 74.6 Å². The van der Waals surface area contributed by atoms with E-state index in [2.05, 4.69) is 0 Å². The summed E-state index contributed by atoms with van der Waals surface area (Å²) in [5.41, 5.74) is 3.80. The molecule has 2 N–H and O–H groups in total. The van der Waals surface area contributed by atoms with E-state index < -0.39 is 10.8 Å². The Kier molecular flexibility index (Phi) is 7.07. The zero-order valence-corrected chi connectivity index (χ0v) is 19.1. The van der Waals surface area contributed by atoms with Gasteiger partial charge < -0.3 is 10.2 Å². The van der Waals surface area contributed by atoms with Crippen molar-refractivity contribution in [1.29, 1.82) is 0 Å². The van der Waals surface area contributed by atoms with Gasteiger partial charge in [0, 0.05) is 11.1 Å². The molecule has 2 aromatic carbocycles. The van der Waals surface area contributed by atoms with Gasteiger partial charge in [-0.05, 0) is 78.4 Å². The first-order valence-electron chi connectivity index (χ1n) is 9.91. The zero-order chi connectivity index (χ0) is 23.5. The number of ketones is 1. The van der Waals surface area contributed by atoms with Gasteiger partial charge in [0.15, 0.2) is 5.78 Å². The summed E-state index contributed by atoms with van der Waals surface area (Å²) in [6, 6.07) is 8.72. The van der Waals surface area contributed by atoms with E-state index in [1.807, 2.05) is 13.0 Å². The predicted molar refractivity (Wildman–Crippen MR) is 129 cm³/mol. The Hall–Kier alpha value is -3.08. The summed E-state index contributed by atoms with van der Waals surface area (Å²) in [5, 5.41) is 20.2. The van der Waals surface area contributed by atoms with Crippen LogP contribution in [-0.4, -0.2) is 22.0 Å². The van der Waals surface area contributed by atoms with E-state index in [4.69, 9.17) is 28.3 Å². The standard InChI is InChI=1S/C26H22Cl2O4/c1-16-15-21(22(29)9-5-18-3-7-20(27)8-4-18)25(32)17(2)24(16)26(28)13-11-19(12-14-26)6-10-23(30)31/h3-13,15,32H,14H2,1-2H3,(H,30,31)/b9-5+,10-6+. The van der Waals surface area contributed by atoms with E-state index >= 15 is 0 Å². The van der Waals surface area contributed by atoms with E-state index in [0.717, 1.165) is 28.3 Å². The van der Waals surface area contributed by atoms with Crippen molar-refractivity contribution in [2.45, 2.75) is 25.1 Å². The first-order valence-corrected chi connectivity index (χ1v) is 10.7. The Balaban J connectivity index is 1.89. The second kappa shape index (κ2) is 9.60. The van der Waals surface area contributed by atoms with Gasteiger partial charge in [-0.1, -0.05) is 48.0 Å². The molecule has 3 rings (SSSR count). The second-order valence-electron chi connectivity index (χ2n) is 7.61. The second-order valence-corrected chi connectivity index (χ2v) is 8.73. The molecular weight excluding hydrogens is 447 g/mol. The lowest BCUT2D eigenvalue weighted by Gasteiger charge is -2.30. The average molecular weight is 469 g/mol. The highest BCUT2D eigenvalue weighted by molar-refractivity contribution is 6.30. The molecular formula is C26H22Cl2O4. The molecule has 0 heterocycles. The molecule has 32 heavy (non-hydrogen) atoms. The summed E-state index contributed by atoms with van der Waals surface area (Å²) < 4.78 is 0. The third-order valence-electron chi connectivity index (χ3n) is 5.31. The quantitative estimate of drug-likeness (QED) is 0.287. The van der Waals surface area contributed by atoms with Crippen molar-refractivity contribution >= 4 is 41.0 Å². The molecule has 2 aromatic rings. The third kappa shape index (κ3) is 5.21. The molecule has 0 spiro atoms. The first-order chi connectivity index (χ1) is 15.1. The van der Waals surface area contributed by atoms with Crippen molar-refractivity contribution in [3.63, 3.8) is 0 Å². The van der Waals surface area contributed by atoms with Gasteiger partial charge in [-0.25, -0.2) is 4.79 Å². The normalized spacial score (nSPS) is 18.3. The van der Waals surface area contributed by atoms with Crippen molar-refractivity contribution in [1.82, 2.24) is 0 Å². The molecule has 164 valence electrons. The number of phenolic OH excluding ortho intramolecular Hbond substituents is 1. The van der Waals surface area contributed by atoms with Crippen LogP contribution in [0.25, 0.3) is 6.08 Å². The molecule has 4 nitrogen and oxygen atoms in total. The number of hydrogen-bond acceptors (Lipinski definition) is 3. The summed E-state index contributed by atoms with van der Waals surface area (Å²) in [7, 11) is 0. The fraction of sp³-hybridized carbons (Fsp3) is 0.154. The van der Waals surface area contributed by atoms with E-state index in [1.165, 1.54) is 12.2 Å². The SMILES string of the molecule is Cc1cc(C(=O)/C=C/c2ccc(Cl)cc2)c(O)c(C)c1C1(Cl)C=CC(/C=C/C(=O)O)=CC1. The monoisotopic (exact) mass is 468 g/mol. The van der Waals surface area contributed by atoms with E-state index in [9.17, 15) is 14.7 Å². The van der Waals surface area contributed by atoms with Gasteiger partial charge in [0.05, 0.1) is 10.4 Å². The number of carbonyl (C=O) groups is 2. The molecule has 0 saturated carbocycles. The number of carboxylic acid groups (broad SMARTS) is 1. The summed E-state index contributed by atoms with van der Waals surface area (Å²) in [6.07, 6.45) is 11.4. The minimum atomic E-state index is -1.02. The molecule has 6 heteroatoms. The lowest BCUT2D eigenvalue weighted by molar-refractivity contribution is -0.131. The minimum absolute atomic E-state index is 0.106. The number of phenols is 1. The van der Waals surface area contributed by atoms with Crippen molar-refractivity contribution < 1.29 is 19.8 Å². The number of alkyl halides is 1. The predicted octanol–water partition coefficient (Wildman–Crippen LogP) is 6.52. The maximum atomic E-state index is 12.8. The van der Waals surface area contributed by atoms with Crippen LogP contribution < -0.4 is 0 Å². The number of aliphatic carboxylic acids is 1. The van der Waals surface area contributed by atoms with Gasteiger partial charge in [-0.15, -0.1) is 11.6 Å². The lowest BCUT2D eigenvalue weighted by atomic mass is 9.82. The van der Waals surface area contributed by atoms with Gasteiger partial charge >= 0.3 is 5.97 Å². The van der Waals surface area contributed by atoms with Crippen molar-refractivity contribution in [3.05, 3.63) is 105 Å². The van der Waals surface area contributed by atoms with Crippen molar-refractivity contribution in [3.8, 4) is 5.75 Å². The number of aryl methyl sites for hydroxylation is 1. The van der Waals surface area contributed by atoms with Crippen LogP contribution in [-0.2, 0) is 9.67 Å². The molecule has 1 aliphatic rings. The Morgan fingerprint density at radius 3 is 2.38 bits per heavy atom. The maximum absolute atomic E-state index is 12.8. The first kappa shape index (κ1) is 23.6. The molecule has 0 aromatic heterocycles. The molecule has 0 amide bonds. The summed E-state index contributed by atoms with van der Waals surface area (Å²) >= 11 is 12.8. The highest BCUT2D eigenvalue weighted by Crippen LogP contribution is 2.44. The lowest BCUT2D eigenvalue weighted by Crippen LogP contribution is -2.21. The van der Waals surface area contributed by atoms with Crippen LogP contribution in [0.4, 0.5) is 0 Å². The molecule has 0 radical (unpaired) electrons. The summed E-state index contributed by atoms with van der Waals surface area (Å²) in [6.45, 7) is 3.59. The molecule has 1 aliphatic carbocycles. The number of benzene rings is 2. The molecule has 0 bridgehead atoms. The number of hydrogen-bond donors (Lipinski definition) is 2. The Morgan fingerprint density at radius 1 is 1.09 bits per heavy atom. The van der Waals surface area contributed by atoms with Gasteiger partial charge in [0.1, 0.15) is 5.75 Å². The number of allylic oxidation sites excluding steroid dienone is 6. The summed E-state index contributed by atoms with van der Waals surface area (Å²) in [5.74, 6) is -1.45. The zero-order valence-electron chi connectivity index (χ0n) is 17.6. The number of halogens is 2. The van der Waals surface area contributed by atoms with Crippen LogP contribution in [0.3, 0.4) is 0 Å². The van der Waals surface area contributed by atoms with Crippen LogP contribution in [0, 0.1) is 13.8 Å². The molecule has 0 saturated heterocycles. The number of carboxylic acids is 1. The van der Waals surface area contributed by atoms with Gasteiger partial charge in [0.25, 0.3) is 0 Å². The molecule has 0 fully saturated rings. The maximum Gasteiger partial charge on any atom is 0.328 e. The Morgan fingerprint density at radius 2 is 1.78 bits per heavy atom. The highest BCUT2D eigenvalue weighted by Gasteiger charge is 2.33. The fourth-order valence-corrected chi connectivity index (χ4v) is 4.30. The number of aromatic hydroxyl groups is 1. The van der Waals surface area contributed by atoms with Crippen LogP contribution in [0.2, 0.25) is 5.02 Å². The molecule has 1 atom stereocenters. The van der Waals surface area contributed by atoms with Crippen LogP contribution >= 0.6 is 23.2 Å². The van der Waals surface area contributed by atoms with Crippen molar-refractivity contribution in [2.24, 2.45) is 0 Å². The van der Waals surface area contributed by atoms with E-state index in [0.29, 0.717) is 17.0 Å². The highest BCUT2D eigenvalue weighted by atomic mass is 35.5. The van der Waals surface area contributed by atoms with Gasteiger partial charge in [-0.3, -0.25) is 4.79 Å². The molecule has 0 aliphatic heterocycles. The average Bonchev–Trinajstić information content (AvgIpc) is 2.75. The number of rotatable bonds is 6. The van der Waals surface area contributed by atoms with Gasteiger partial charge in [0.2, 0.25) is 0 Å². The van der Waals surface area contributed by atoms with Crippen LogP contribution in [0.5, 0.6) is 5.75 Å². The fourth-order valence-electron chi connectivity index (χ4n) is 3.74. The Bertz CT molecular complexity index is 1190. The van der Waals surface area contributed by atoms with Gasteiger partial charge in [-0.2, -0.15) is 0 Å². The largest absolute Gasteiger partial charge is 0.507 e. The minimum Gasteiger partial charge on any atom is -0.507 e. The molecule has 1 unspecified atom stereocenters. The third-order valence-corrected chi connectivity index (χ3v) is 6.03. The summed E-state index contributed by atoms with van der Waals surface area (Å²) in [4.78, 5) is 22.6. The van der Waals surface area contributed by atoms with Crippen LogP contribution in [0.15, 0.2) is 72.4 Å². The number of carbonyl (C=O) groups excluding carboxylic acids is 1. The van der Waals surface area contributed by atoms with E-state index in [-0.39, 0.29) is 17.1 Å². The Labute approximate surface area is 196 Å². The van der Waals surface area contributed by atoms with Crippen molar-refractivity contribution in [2.75, 3.05) is 0 Å². The van der Waals surface area contributed by atoms with E-state index in [1.54, 1.807) is 55.5 Å². The van der Waals surface area contributed by atoms with Crippen LogP contribution in [0.1, 0.15) is 39.0 Å². The smallest absolute Gasteiger partial charge is 0.328 e.